The molecule has 184 valence electrons. The third-order valence-electron chi connectivity index (χ3n) is 8.28. The number of carboxylic acids is 1. The van der Waals surface area contributed by atoms with Crippen molar-refractivity contribution in [2.75, 3.05) is 0 Å². The number of rotatable bonds is 5. The summed E-state index contributed by atoms with van der Waals surface area (Å²) >= 11 is 8.98. The molecule has 2 aliphatic heterocycles. The summed E-state index contributed by atoms with van der Waals surface area (Å²) in [6, 6.07) is 6.52. The van der Waals surface area contributed by atoms with Crippen molar-refractivity contribution in [2.45, 2.75) is 48.9 Å². The minimum Gasteiger partial charge on any atom is -0.480 e. The van der Waals surface area contributed by atoms with Crippen molar-refractivity contribution in [3.63, 3.8) is 0 Å². The van der Waals surface area contributed by atoms with Crippen LogP contribution in [0.4, 0.5) is 0 Å². The van der Waals surface area contributed by atoms with E-state index in [0.29, 0.717) is 5.02 Å². The van der Waals surface area contributed by atoms with E-state index in [1.165, 1.54) is 11.3 Å². The number of nitrogens with zero attached hydrogens (tertiary/aromatic N) is 1. The number of H-pyrrole nitrogens is 1. The number of aromatic amines is 1. The molecule has 3 heterocycles. The normalized spacial score (nSPS) is 33.7. The number of benzene rings is 1. The van der Waals surface area contributed by atoms with E-state index in [4.69, 9.17) is 11.6 Å². The average molecular weight is 533 g/mol. The van der Waals surface area contributed by atoms with Crippen LogP contribution >= 0.6 is 34.7 Å². The van der Waals surface area contributed by atoms with Gasteiger partial charge in [-0.25, -0.2) is 4.79 Å². The molecule has 1 aromatic carbocycles. The van der Waals surface area contributed by atoms with E-state index < -0.39 is 23.8 Å². The summed E-state index contributed by atoms with van der Waals surface area (Å²) < 4.78 is 0. The largest absolute Gasteiger partial charge is 0.480 e. The molecule has 0 radical (unpaired) electrons. The molecule has 6 rings (SSSR count). The highest BCUT2D eigenvalue weighted by Crippen LogP contribution is 2.68. The zero-order chi connectivity index (χ0) is 24.8. The highest BCUT2D eigenvalue weighted by Gasteiger charge is 2.70. The van der Waals surface area contributed by atoms with Gasteiger partial charge in [0.25, 0.3) is 0 Å². The van der Waals surface area contributed by atoms with Crippen LogP contribution in [0.1, 0.15) is 43.0 Å². The molecule has 8 atom stereocenters. The lowest BCUT2D eigenvalue weighted by Crippen LogP contribution is -2.47. The predicted molar refractivity (Wildman–Crippen MR) is 133 cm³/mol. The fourth-order valence-electron chi connectivity index (χ4n) is 7.15. The maximum Gasteiger partial charge on any atom is 0.326 e. The number of hydrogen-bond acceptors (Lipinski definition) is 6. The maximum atomic E-state index is 13.7. The molecule has 7 nitrogen and oxygen atoms in total. The Morgan fingerprint density at radius 3 is 2.43 bits per heavy atom. The highest BCUT2D eigenvalue weighted by atomic mass is 35.5. The van der Waals surface area contributed by atoms with Crippen molar-refractivity contribution in [2.24, 2.45) is 35.5 Å². The smallest absolute Gasteiger partial charge is 0.326 e. The Kier molecular flexibility index (Phi) is 5.47. The van der Waals surface area contributed by atoms with Gasteiger partial charge >= 0.3 is 10.8 Å². The molecule has 1 aromatic heterocycles. The van der Waals surface area contributed by atoms with Gasteiger partial charge in [-0.05, 0) is 54.2 Å². The third-order valence-corrected chi connectivity index (χ3v) is 11.1. The van der Waals surface area contributed by atoms with Crippen LogP contribution in [0, 0.1) is 35.5 Å². The highest BCUT2D eigenvalue weighted by molar-refractivity contribution is 8.00. The molecule has 1 saturated heterocycles. The lowest BCUT2D eigenvalue weighted by molar-refractivity contribution is -0.156. The number of thioether (sulfide) groups is 1. The second-order valence-electron chi connectivity index (χ2n) is 10.5. The van der Waals surface area contributed by atoms with E-state index in [1.807, 2.05) is 38.1 Å². The molecule has 0 unspecified atom stereocenters. The number of thiazole rings is 1. The molecule has 2 saturated carbocycles. The first-order valence-corrected chi connectivity index (χ1v) is 14.0. The Balaban J connectivity index is 1.42. The summed E-state index contributed by atoms with van der Waals surface area (Å²) in [5, 5.41) is 11.4. The molecule has 10 heteroatoms. The van der Waals surface area contributed by atoms with E-state index >= 15 is 0 Å². The van der Waals surface area contributed by atoms with Gasteiger partial charge in [0.1, 0.15) is 6.04 Å². The molecule has 4 aliphatic rings. The zero-order valence-corrected chi connectivity index (χ0v) is 21.5. The van der Waals surface area contributed by atoms with Crippen molar-refractivity contribution < 1.29 is 19.5 Å². The minimum atomic E-state index is -1.13. The number of hydrogen-bond donors (Lipinski definition) is 2. The van der Waals surface area contributed by atoms with Gasteiger partial charge in [-0.2, -0.15) is 0 Å². The number of likely N-dealkylation sites (tertiary alicyclic amines) is 1. The van der Waals surface area contributed by atoms with Gasteiger partial charge in [0.05, 0.1) is 16.9 Å². The standard InChI is InChI=1S/C25H25ClN2O5S2/c1-9(2)7-14(24(31)32)28-22(29)17-12-8-13(18(17)23(28)30)19-16(12)15(10-3-5-11(26)6-4-10)20-21(34-19)27-25(33)35-20/h3-6,9,12-19H,7-8H2,1-2H3,(H,27,33)(H,31,32)/t12-,13+,14+,15+,16+,17+,18+,19-/m1/s1. The lowest BCUT2D eigenvalue weighted by atomic mass is 9.68. The number of aliphatic carboxylic acids is 1. The summed E-state index contributed by atoms with van der Waals surface area (Å²) in [5.41, 5.74) is 1.04. The second kappa shape index (κ2) is 8.21. The number of carbonyl (C=O) groups excluding carboxylic acids is 2. The van der Waals surface area contributed by atoms with Crippen molar-refractivity contribution in [3.05, 3.63) is 49.4 Å². The number of fused-ring (bicyclic) bond motifs is 9. The summed E-state index contributed by atoms with van der Waals surface area (Å²) in [4.78, 5) is 56.6. The molecule has 2 aliphatic carbocycles. The molecule has 2 amide bonds. The van der Waals surface area contributed by atoms with Crippen LogP contribution in [0.2, 0.25) is 5.02 Å². The van der Waals surface area contributed by atoms with Crippen LogP contribution in [0.3, 0.4) is 0 Å². The number of halogens is 1. The number of nitrogens with one attached hydrogen (secondary N) is 1. The first-order valence-electron chi connectivity index (χ1n) is 11.9. The molecule has 0 spiro atoms. The number of carbonyl (C=O) groups is 3. The van der Waals surface area contributed by atoms with Crippen LogP contribution in [0.25, 0.3) is 0 Å². The first-order chi connectivity index (χ1) is 16.7. The van der Waals surface area contributed by atoms with Crippen molar-refractivity contribution in [1.82, 2.24) is 9.88 Å². The van der Waals surface area contributed by atoms with E-state index in [0.717, 1.165) is 26.8 Å². The Bertz CT molecular complexity index is 1290. The van der Waals surface area contributed by atoms with Gasteiger partial charge < -0.3 is 10.1 Å². The first kappa shape index (κ1) is 23.3. The Morgan fingerprint density at radius 1 is 1.14 bits per heavy atom. The topological polar surface area (TPSA) is 108 Å². The molecular weight excluding hydrogens is 508 g/mol. The summed E-state index contributed by atoms with van der Waals surface area (Å²) in [7, 11) is 0. The van der Waals surface area contributed by atoms with Gasteiger partial charge in [0, 0.05) is 21.1 Å². The number of imide groups is 1. The fourth-order valence-corrected chi connectivity index (χ4v) is 10.2. The monoisotopic (exact) mass is 532 g/mol. The van der Waals surface area contributed by atoms with Crippen LogP contribution in [0.5, 0.6) is 0 Å². The Morgan fingerprint density at radius 2 is 1.80 bits per heavy atom. The molecular formula is C25H25ClN2O5S2. The van der Waals surface area contributed by atoms with Crippen LogP contribution in [-0.4, -0.2) is 44.1 Å². The number of amides is 2. The number of carboxylic acid groups (broad SMARTS) is 1. The van der Waals surface area contributed by atoms with Gasteiger partial charge in [-0.15, -0.1) is 11.8 Å². The van der Waals surface area contributed by atoms with E-state index in [2.05, 4.69) is 4.98 Å². The van der Waals surface area contributed by atoms with Gasteiger partial charge in [-0.3, -0.25) is 19.3 Å². The van der Waals surface area contributed by atoms with E-state index in [-0.39, 0.29) is 57.9 Å². The SMILES string of the molecule is CC(C)C[C@@H](C(=O)O)N1C(=O)[C@H]2[C@@H]3C[C@@H]([C@@H]2C1=O)[C@H]1[C@H](c2ccc(Cl)cc2)c2sc(=O)[nH]c2S[C@H]31. The number of aromatic nitrogens is 1. The summed E-state index contributed by atoms with van der Waals surface area (Å²) in [6.45, 7) is 3.79. The predicted octanol–water partition coefficient (Wildman–Crippen LogP) is 4.06. The van der Waals surface area contributed by atoms with Gasteiger partial charge in [0.15, 0.2) is 0 Å². The van der Waals surface area contributed by atoms with Gasteiger partial charge in [-0.1, -0.05) is 48.9 Å². The second-order valence-corrected chi connectivity index (χ2v) is 13.2. The third kappa shape index (κ3) is 3.38. The molecule has 3 fully saturated rings. The van der Waals surface area contributed by atoms with Crippen molar-refractivity contribution in [1.29, 1.82) is 0 Å². The van der Waals surface area contributed by atoms with E-state index in [1.54, 1.807) is 11.8 Å². The molecule has 2 bridgehead atoms. The van der Waals surface area contributed by atoms with Gasteiger partial charge in [0.2, 0.25) is 11.8 Å². The fraction of sp³-hybridized carbons (Fsp3) is 0.520. The van der Waals surface area contributed by atoms with Crippen LogP contribution < -0.4 is 4.87 Å². The molecule has 2 N–H and O–H groups in total. The quantitative estimate of drug-likeness (QED) is 0.562. The Hall–Kier alpha value is -2.10. The lowest BCUT2D eigenvalue weighted by Gasteiger charge is -2.43. The van der Waals surface area contributed by atoms with Crippen molar-refractivity contribution >= 4 is 52.5 Å². The minimum absolute atomic E-state index is 0.0266. The molecule has 35 heavy (non-hydrogen) atoms. The summed E-state index contributed by atoms with van der Waals surface area (Å²) in [6.07, 6.45) is 1.02. The average Bonchev–Trinajstić information content (AvgIpc) is 3.52. The van der Waals surface area contributed by atoms with Crippen LogP contribution in [-0.2, 0) is 14.4 Å². The van der Waals surface area contributed by atoms with Crippen molar-refractivity contribution in [3.8, 4) is 0 Å². The Labute approximate surface area is 215 Å². The molecule has 2 aromatic rings. The van der Waals surface area contributed by atoms with Crippen LogP contribution in [0.15, 0.2) is 34.1 Å². The van der Waals surface area contributed by atoms with E-state index in [9.17, 15) is 24.3 Å². The zero-order valence-electron chi connectivity index (χ0n) is 19.1. The summed E-state index contributed by atoms with van der Waals surface area (Å²) in [5.74, 6) is -2.77. The maximum absolute atomic E-state index is 13.7.